The minimum atomic E-state index is -0.411. The van der Waals surface area contributed by atoms with E-state index in [2.05, 4.69) is 20.7 Å². The molecular formula is C16H20N4O3. The molecule has 0 saturated heterocycles. The first-order valence-electron chi connectivity index (χ1n) is 7.07. The first-order chi connectivity index (χ1) is 10.8. The number of aromatic amines is 1. The monoisotopic (exact) mass is 316 g/mol. The Labute approximate surface area is 134 Å². The van der Waals surface area contributed by atoms with Gasteiger partial charge in [0.2, 0.25) is 0 Å². The number of amides is 1. The number of H-pyrrole nitrogens is 1. The van der Waals surface area contributed by atoms with Crippen molar-refractivity contribution in [1.29, 1.82) is 0 Å². The Morgan fingerprint density at radius 1 is 1.39 bits per heavy atom. The minimum absolute atomic E-state index is 0.00453. The fraction of sp³-hybridized carbons (Fsp3) is 0.312. The molecule has 3 N–H and O–H groups in total. The number of aromatic hydroxyl groups is 1. The van der Waals surface area contributed by atoms with E-state index in [1.54, 1.807) is 18.2 Å². The van der Waals surface area contributed by atoms with Crippen LogP contribution in [0.25, 0.3) is 0 Å². The van der Waals surface area contributed by atoms with Gasteiger partial charge in [0.1, 0.15) is 0 Å². The van der Waals surface area contributed by atoms with Crippen LogP contribution in [0.3, 0.4) is 0 Å². The quantitative estimate of drug-likeness (QED) is 0.594. The van der Waals surface area contributed by atoms with Gasteiger partial charge in [-0.25, -0.2) is 5.43 Å². The molecule has 0 unspecified atom stereocenters. The molecule has 23 heavy (non-hydrogen) atoms. The predicted molar refractivity (Wildman–Crippen MR) is 87.0 cm³/mol. The number of methoxy groups -OCH3 is 1. The van der Waals surface area contributed by atoms with Crippen LogP contribution >= 0.6 is 0 Å². The number of aromatic nitrogens is 2. The number of carbonyl (C=O) groups is 1. The van der Waals surface area contributed by atoms with Crippen molar-refractivity contribution in [2.75, 3.05) is 7.11 Å². The maximum Gasteiger partial charge on any atom is 0.291 e. The molecular weight excluding hydrogens is 296 g/mol. The van der Waals surface area contributed by atoms with Crippen molar-refractivity contribution in [1.82, 2.24) is 15.6 Å². The van der Waals surface area contributed by atoms with Crippen molar-refractivity contribution in [3.05, 3.63) is 41.2 Å². The fourth-order valence-corrected chi connectivity index (χ4v) is 1.83. The largest absolute Gasteiger partial charge is 0.504 e. The number of phenols is 1. The van der Waals surface area contributed by atoms with Gasteiger partial charge in [-0.15, -0.1) is 0 Å². The second kappa shape index (κ2) is 6.51. The van der Waals surface area contributed by atoms with Crippen LogP contribution in [0.1, 0.15) is 42.5 Å². The normalized spacial score (nSPS) is 11.7. The zero-order chi connectivity index (χ0) is 17.0. The average molecular weight is 316 g/mol. The molecule has 0 saturated carbocycles. The molecule has 7 nitrogen and oxygen atoms in total. The highest BCUT2D eigenvalue weighted by atomic mass is 16.5. The molecule has 1 aromatic heterocycles. The van der Waals surface area contributed by atoms with Gasteiger partial charge in [-0.05, 0) is 29.8 Å². The Morgan fingerprint density at radius 3 is 2.70 bits per heavy atom. The molecule has 1 aromatic carbocycles. The van der Waals surface area contributed by atoms with Gasteiger partial charge in [-0.2, -0.15) is 10.2 Å². The number of ether oxygens (including phenoxy) is 1. The molecule has 122 valence electrons. The predicted octanol–water partition coefficient (Wildman–Crippen LogP) is 2.19. The molecule has 7 heteroatoms. The molecule has 0 atom stereocenters. The summed E-state index contributed by atoms with van der Waals surface area (Å²) in [4.78, 5) is 12.0. The summed E-state index contributed by atoms with van der Waals surface area (Å²) < 4.78 is 4.95. The minimum Gasteiger partial charge on any atom is -0.504 e. The van der Waals surface area contributed by atoms with Crippen LogP contribution in [0.5, 0.6) is 11.5 Å². The summed E-state index contributed by atoms with van der Waals surface area (Å²) in [6.45, 7) is 6.07. The van der Waals surface area contributed by atoms with Crippen molar-refractivity contribution >= 4 is 12.1 Å². The van der Waals surface area contributed by atoms with Crippen molar-refractivity contribution in [3.8, 4) is 11.5 Å². The number of nitrogens with zero attached hydrogens (tertiary/aromatic N) is 2. The molecule has 0 radical (unpaired) electrons. The molecule has 1 heterocycles. The number of nitrogens with one attached hydrogen (secondary N) is 2. The van der Waals surface area contributed by atoms with E-state index in [9.17, 15) is 9.90 Å². The maximum atomic E-state index is 12.0. The Hall–Kier alpha value is -2.83. The Kier molecular flexibility index (Phi) is 4.68. The van der Waals surface area contributed by atoms with E-state index in [1.165, 1.54) is 19.4 Å². The second-order valence-corrected chi connectivity index (χ2v) is 6.05. The highest BCUT2D eigenvalue weighted by Gasteiger charge is 2.19. The van der Waals surface area contributed by atoms with Crippen LogP contribution in [-0.4, -0.2) is 34.5 Å². The molecule has 2 rings (SSSR count). The van der Waals surface area contributed by atoms with Crippen LogP contribution in [0.2, 0.25) is 0 Å². The molecule has 0 bridgehead atoms. The Morgan fingerprint density at radius 2 is 2.13 bits per heavy atom. The third kappa shape index (κ3) is 4.09. The zero-order valence-electron chi connectivity index (χ0n) is 13.5. The molecule has 0 spiro atoms. The van der Waals surface area contributed by atoms with E-state index in [0.717, 1.165) is 5.69 Å². The third-order valence-corrected chi connectivity index (χ3v) is 3.20. The average Bonchev–Trinajstić information content (AvgIpc) is 2.97. The van der Waals surface area contributed by atoms with Gasteiger partial charge < -0.3 is 9.84 Å². The zero-order valence-corrected chi connectivity index (χ0v) is 13.5. The smallest absolute Gasteiger partial charge is 0.291 e. The number of benzene rings is 1. The number of hydrogen-bond acceptors (Lipinski definition) is 5. The van der Waals surface area contributed by atoms with Gasteiger partial charge in [0.05, 0.1) is 13.3 Å². The first kappa shape index (κ1) is 16.5. The summed E-state index contributed by atoms with van der Waals surface area (Å²) in [6, 6.07) is 6.51. The summed E-state index contributed by atoms with van der Waals surface area (Å²) in [5.41, 5.74) is 4.04. The van der Waals surface area contributed by atoms with E-state index >= 15 is 0 Å². The lowest BCUT2D eigenvalue weighted by Crippen LogP contribution is -2.18. The lowest BCUT2D eigenvalue weighted by molar-refractivity contribution is 0.0950. The van der Waals surface area contributed by atoms with Crippen molar-refractivity contribution < 1.29 is 14.6 Å². The van der Waals surface area contributed by atoms with Gasteiger partial charge in [0, 0.05) is 11.1 Å². The van der Waals surface area contributed by atoms with E-state index in [-0.39, 0.29) is 16.9 Å². The van der Waals surface area contributed by atoms with Gasteiger partial charge in [0.25, 0.3) is 5.91 Å². The first-order valence-corrected chi connectivity index (χ1v) is 7.07. The van der Waals surface area contributed by atoms with Crippen LogP contribution in [-0.2, 0) is 5.41 Å². The van der Waals surface area contributed by atoms with Crippen LogP contribution < -0.4 is 10.2 Å². The highest BCUT2D eigenvalue weighted by molar-refractivity contribution is 5.93. The van der Waals surface area contributed by atoms with Crippen LogP contribution in [0.4, 0.5) is 0 Å². The SMILES string of the molecule is COc1ccc(/C=N/NC(=O)c2cc(C(C)(C)C)[nH]n2)cc1O. The van der Waals surface area contributed by atoms with E-state index < -0.39 is 5.91 Å². The van der Waals surface area contributed by atoms with Gasteiger partial charge in [-0.3, -0.25) is 9.89 Å². The summed E-state index contributed by atoms with van der Waals surface area (Å²) >= 11 is 0. The van der Waals surface area contributed by atoms with Crippen LogP contribution in [0, 0.1) is 0 Å². The maximum absolute atomic E-state index is 12.0. The standard InChI is InChI=1S/C16H20N4O3/c1-16(2,3)14-8-11(18-19-14)15(22)20-17-9-10-5-6-13(23-4)12(21)7-10/h5-9,21H,1-4H3,(H,18,19)(H,20,22)/b17-9+. The van der Waals surface area contributed by atoms with Gasteiger partial charge in [0.15, 0.2) is 17.2 Å². The highest BCUT2D eigenvalue weighted by Crippen LogP contribution is 2.25. The molecule has 0 aliphatic heterocycles. The summed E-state index contributed by atoms with van der Waals surface area (Å²) in [7, 11) is 1.47. The summed E-state index contributed by atoms with van der Waals surface area (Å²) in [5, 5.41) is 20.3. The van der Waals surface area contributed by atoms with E-state index in [1.807, 2.05) is 20.8 Å². The second-order valence-electron chi connectivity index (χ2n) is 6.05. The fourth-order valence-electron chi connectivity index (χ4n) is 1.83. The molecule has 0 aliphatic carbocycles. The number of phenolic OH excluding ortho intramolecular Hbond substituents is 1. The van der Waals surface area contributed by atoms with Crippen molar-refractivity contribution in [2.24, 2.45) is 5.10 Å². The Bertz CT molecular complexity index is 729. The summed E-state index contributed by atoms with van der Waals surface area (Å²) in [5.74, 6) is -0.0342. The topological polar surface area (TPSA) is 99.6 Å². The lowest BCUT2D eigenvalue weighted by atomic mass is 9.92. The third-order valence-electron chi connectivity index (χ3n) is 3.20. The molecule has 1 amide bonds. The number of hydrazone groups is 1. The van der Waals surface area contributed by atoms with Crippen molar-refractivity contribution in [2.45, 2.75) is 26.2 Å². The molecule has 0 aliphatic rings. The van der Waals surface area contributed by atoms with Gasteiger partial charge >= 0.3 is 0 Å². The molecule has 2 aromatic rings. The number of rotatable bonds is 4. The molecule has 0 fully saturated rings. The van der Waals surface area contributed by atoms with Gasteiger partial charge in [-0.1, -0.05) is 20.8 Å². The number of carbonyl (C=O) groups excluding carboxylic acids is 1. The lowest BCUT2D eigenvalue weighted by Gasteiger charge is -2.14. The Balaban J connectivity index is 2.01. The van der Waals surface area contributed by atoms with Crippen LogP contribution in [0.15, 0.2) is 29.4 Å². The van der Waals surface area contributed by atoms with E-state index in [4.69, 9.17) is 4.74 Å². The van der Waals surface area contributed by atoms with Crippen molar-refractivity contribution in [3.63, 3.8) is 0 Å². The van der Waals surface area contributed by atoms with E-state index in [0.29, 0.717) is 11.3 Å². The summed E-state index contributed by atoms with van der Waals surface area (Å²) in [6.07, 6.45) is 1.42. The number of hydrogen-bond donors (Lipinski definition) is 3.